The number of rotatable bonds is 6. The van der Waals surface area contributed by atoms with Gasteiger partial charge in [0, 0.05) is 34.3 Å². The van der Waals surface area contributed by atoms with Crippen LogP contribution in [-0.4, -0.2) is 24.6 Å². The van der Waals surface area contributed by atoms with E-state index in [1.165, 1.54) is 0 Å². The third-order valence-corrected chi connectivity index (χ3v) is 7.76. The van der Waals surface area contributed by atoms with E-state index in [1.807, 2.05) is 6.08 Å². The van der Waals surface area contributed by atoms with Gasteiger partial charge in [0.15, 0.2) is 0 Å². The lowest BCUT2D eigenvalue weighted by Crippen LogP contribution is -2.44. The Morgan fingerprint density at radius 2 is 1.60 bits per heavy atom. The predicted octanol–water partition coefficient (Wildman–Crippen LogP) is 5.59. The van der Waals surface area contributed by atoms with Crippen molar-refractivity contribution in [3.05, 3.63) is 111 Å². The number of benzene rings is 3. The molecule has 0 spiro atoms. The highest BCUT2D eigenvalue weighted by molar-refractivity contribution is 6.35. The maximum atomic E-state index is 14.0. The number of fused-ring (bicyclic) bond motifs is 3. The molecule has 0 fully saturated rings. The van der Waals surface area contributed by atoms with Crippen LogP contribution < -0.4 is 4.74 Å². The first-order chi connectivity index (χ1) is 19.4. The van der Waals surface area contributed by atoms with Crippen molar-refractivity contribution in [3.63, 3.8) is 0 Å². The van der Waals surface area contributed by atoms with Crippen LogP contribution in [0.1, 0.15) is 52.7 Å². The number of esters is 1. The number of hydrogen-bond donors (Lipinski definition) is 0. The summed E-state index contributed by atoms with van der Waals surface area (Å²) >= 11 is 6.41. The molecule has 0 N–H and O–H groups in total. The molecule has 198 valence electrons. The first-order valence-corrected chi connectivity index (χ1v) is 13.1. The summed E-state index contributed by atoms with van der Waals surface area (Å²) in [5.74, 6) is -4.18. The summed E-state index contributed by atoms with van der Waals surface area (Å²) in [6, 6.07) is 22.9. The summed E-state index contributed by atoms with van der Waals surface area (Å²) in [5.41, 5.74) is 3.23. The number of allylic oxidation sites excluding steroid dienone is 1. The molecular weight excluding hydrogens is 528 g/mol. The van der Waals surface area contributed by atoms with Crippen LogP contribution in [-0.2, 0) is 19.1 Å². The Kier molecular flexibility index (Phi) is 7.51. The molecule has 0 amide bonds. The van der Waals surface area contributed by atoms with Gasteiger partial charge < -0.3 is 9.47 Å². The lowest BCUT2D eigenvalue weighted by Gasteiger charge is -2.47. The van der Waals surface area contributed by atoms with Gasteiger partial charge in [0.1, 0.15) is 18.1 Å². The fraction of sp³-hybridized carbons (Fsp3) is 0.219. The first-order valence-electron chi connectivity index (χ1n) is 12.7. The lowest BCUT2D eigenvalue weighted by molar-refractivity contribution is -0.156. The second kappa shape index (κ2) is 11.2. The van der Waals surface area contributed by atoms with Crippen molar-refractivity contribution < 1.29 is 23.9 Å². The predicted molar refractivity (Wildman–Crippen MR) is 145 cm³/mol. The van der Waals surface area contributed by atoms with E-state index in [0.29, 0.717) is 44.9 Å². The molecule has 0 unspecified atom stereocenters. The third-order valence-electron chi connectivity index (χ3n) is 7.52. The van der Waals surface area contributed by atoms with Crippen LogP contribution in [0.3, 0.4) is 0 Å². The largest absolute Gasteiger partial charge is 0.485 e. The van der Waals surface area contributed by atoms with Crippen molar-refractivity contribution in [1.82, 2.24) is 0 Å². The summed E-state index contributed by atoms with van der Waals surface area (Å²) in [7, 11) is 0. The number of carbonyl (C=O) groups excluding carboxylic acids is 3. The van der Waals surface area contributed by atoms with Gasteiger partial charge in [0.25, 0.3) is 0 Å². The van der Waals surface area contributed by atoms with E-state index in [4.69, 9.17) is 21.1 Å². The molecule has 5 atom stereocenters. The Labute approximate surface area is 236 Å². The van der Waals surface area contributed by atoms with Crippen molar-refractivity contribution in [1.29, 1.82) is 10.5 Å². The monoisotopic (exact) mass is 550 g/mol. The molecule has 1 aliphatic carbocycles. The van der Waals surface area contributed by atoms with Crippen molar-refractivity contribution >= 4 is 29.6 Å². The number of aldehydes is 1. The summed E-state index contributed by atoms with van der Waals surface area (Å²) < 4.78 is 11.6. The Bertz CT molecular complexity index is 1600. The number of ketones is 1. The van der Waals surface area contributed by atoms with Gasteiger partial charge in [-0.15, -0.1) is 0 Å². The van der Waals surface area contributed by atoms with E-state index < -0.39 is 41.5 Å². The normalized spacial score (nSPS) is 22.7. The van der Waals surface area contributed by atoms with Crippen molar-refractivity contribution in [3.8, 4) is 17.9 Å². The summed E-state index contributed by atoms with van der Waals surface area (Å²) in [6.45, 7) is 1.64. The van der Waals surface area contributed by atoms with E-state index in [9.17, 15) is 24.9 Å². The molecule has 2 aliphatic rings. The second-order valence-electron chi connectivity index (χ2n) is 9.66. The molecule has 3 aromatic rings. The molecule has 0 bridgehead atoms. The number of carbonyl (C=O) groups is 3. The smallest absolute Gasteiger partial charge is 0.374 e. The quantitative estimate of drug-likeness (QED) is 0.223. The van der Waals surface area contributed by atoms with Gasteiger partial charge in [-0.1, -0.05) is 41.9 Å². The Balaban J connectivity index is 1.76. The van der Waals surface area contributed by atoms with Gasteiger partial charge in [0.2, 0.25) is 5.78 Å². The molecule has 5 rings (SSSR count). The number of nitriles is 2. The topological polar surface area (TPSA) is 117 Å². The maximum absolute atomic E-state index is 14.0. The minimum atomic E-state index is -1.02. The van der Waals surface area contributed by atoms with Gasteiger partial charge in [-0.3, -0.25) is 9.59 Å². The van der Waals surface area contributed by atoms with E-state index in [2.05, 4.69) is 12.1 Å². The van der Waals surface area contributed by atoms with Crippen LogP contribution in [0.5, 0.6) is 5.75 Å². The highest BCUT2D eigenvalue weighted by Gasteiger charge is 2.52. The van der Waals surface area contributed by atoms with Crippen LogP contribution in [0, 0.1) is 34.5 Å². The van der Waals surface area contributed by atoms with Gasteiger partial charge >= 0.3 is 5.97 Å². The van der Waals surface area contributed by atoms with E-state index in [-0.39, 0.29) is 6.61 Å². The van der Waals surface area contributed by atoms with E-state index in [1.54, 1.807) is 73.7 Å². The number of ether oxygens (including phenoxy) is 2. The van der Waals surface area contributed by atoms with Crippen LogP contribution in [0.4, 0.5) is 0 Å². The van der Waals surface area contributed by atoms with E-state index in [0.717, 1.165) is 5.56 Å². The average molecular weight is 551 g/mol. The van der Waals surface area contributed by atoms with Crippen molar-refractivity contribution in [2.24, 2.45) is 11.8 Å². The number of halogens is 1. The molecule has 0 saturated heterocycles. The second-order valence-corrected chi connectivity index (χ2v) is 10.1. The number of nitrogens with zero attached hydrogens (tertiary/aromatic N) is 2. The summed E-state index contributed by atoms with van der Waals surface area (Å²) in [5, 5.41) is 19.0. The average Bonchev–Trinajstić information content (AvgIpc) is 2.99. The third kappa shape index (κ3) is 4.77. The highest BCUT2D eigenvalue weighted by atomic mass is 35.5. The fourth-order valence-corrected chi connectivity index (χ4v) is 6.01. The SMILES string of the molecule is CCOC(=O)C(=O)[C@@H]1[C@@H]2c3cc(Cl)ccc3O[C@H](c3ccc(C#N)cc3)[C@H]2C=C(C=O)[C@H]1c1ccc(C#N)cc1. The van der Waals surface area contributed by atoms with Gasteiger partial charge in [-0.2, -0.15) is 10.5 Å². The standard InChI is InChI=1S/C32H23ClN2O5/c1-2-39-32(38)30(37)29-27(20-7-3-18(15-34)4-8-20)22(17-36)13-25-28(29)24-14-23(33)11-12-26(24)40-31(25)21-9-5-19(16-35)6-10-21/h3-14,17,25,27-29,31H,2H2,1H3/t25-,27+,28+,29-,31+/m0/s1. The Morgan fingerprint density at radius 1 is 0.975 bits per heavy atom. The molecule has 0 saturated carbocycles. The Hall–Kier alpha value is -4.72. The zero-order chi connectivity index (χ0) is 28.4. The number of hydrogen-bond acceptors (Lipinski definition) is 7. The lowest BCUT2D eigenvalue weighted by atomic mass is 9.59. The zero-order valence-electron chi connectivity index (χ0n) is 21.4. The molecule has 8 heteroatoms. The summed E-state index contributed by atoms with van der Waals surface area (Å²) in [4.78, 5) is 39.5. The van der Waals surface area contributed by atoms with Crippen LogP contribution >= 0.6 is 11.6 Å². The van der Waals surface area contributed by atoms with Gasteiger partial charge in [-0.05, 0) is 66.1 Å². The van der Waals surface area contributed by atoms with Crippen LogP contribution in [0.2, 0.25) is 5.02 Å². The van der Waals surface area contributed by atoms with Crippen LogP contribution in [0.25, 0.3) is 0 Å². The van der Waals surface area contributed by atoms with Gasteiger partial charge in [0.05, 0.1) is 29.9 Å². The fourth-order valence-electron chi connectivity index (χ4n) is 5.83. The number of Topliss-reactive ketones (excluding diaryl/α,β-unsaturated/α-hetero) is 1. The van der Waals surface area contributed by atoms with Crippen molar-refractivity contribution in [2.75, 3.05) is 6.61 Å². The zero-order valence-corrected chi connectivity index (χ0v) is 22.2. The molecular formula is C32H23ClN2O5. The van der Waals surface area contributed by atoms with E-state index >= 15 is 0 Å². The van der Waals surface area contributed by atoms with Crippen molar-refractivity contribution in [2.45, 2.75) is 24.9 Å². The summed E-state index contributed by atoms with van der Waals surface area (Å²) in [6.07, 6.45) is 1.89. The molecule has 1 aliphatic heterocycles. The first kappa shape index (κ1) is 26.9. The molecule has 7 nitrogen and oxygen atoms in total. The molecule has 40 heavy (non-hydrogen) atoms. The maximum Gasteiger partial charge on any atom is 0.374 e. The van der Waals surface area contributed by atoms with Crippen LogP contribution in [0.15, 0.2) is 78.4 Å². The molecule has 3 aromatic carbocycles. The molecule has 0 radical (unpaired) electrons. The Morgan fingerprint density at radius 3 is 2.17 bits per heavy atom. The molecule has 1 heterocycles. The van der Waals surface area contributed by atoms with Gasteiger partial charge in [-0.25, -0.2) is 4.79 Å². The molecule has 0 aromatic heterocycles. The highest BCUT2D eigenvalue weighted by Crippen LogP contribution is 2.57. The minimum Gasteiger partial charge on any atom is -0.485 e. The minimum absolute atomic E-state index is 0.0166.